The van der Waals surface area contributed by atoms with Crippen molar-refractivity contribution in [2.24, 2.45) is 46.3 Å². The number of Topliss-reactive ketones (excluding diaryl/α,β-unsaturated/α-hetero) is 1. The second-order valence-corrected chi connectivity index (χ2v) is 13.4. The molecule has 10 atom stereocenters. The lowest BCUT2D eigenvalue weighted by Crippen LogP contribution is -2.57. The first-order valence-electron chi connectivity index (χ1n) is 14.7. The molecule has 1 aliphatic heterocycles. The van der Waals surface area contributed by atoms with Gasteiger partial charge in [-0.1, -0.05) is 20.8 Å². The molecule has 0 aromatic carbocycles. The highest BCUT2D eigenvalue weighted by atomic mass is 16.7. The van der Waals surface area contributed by atoms with E-state index in [1.54, 1.807) is 0 Å². The summed E-state index contributed by atoms with van der Waals surface area (Å²) in [6.45, 7) is 8.15. The SMILES string of the molecule is C[C@H](CCCC(=O)O)[C@H]1CC[C@H]2[C@@H]3C(=O)C[C@@H]4C[C@H](OC5CCCCO5)CC[C@]4(C)[C@H]3CC[C@]12C. The van der Waals surface area contributed by atoms with E-state index < -0.39 is 5.97 Å². The van der Waals surface area contributed by atoms with Crippen LogP contribution in [0, 0.1) is 46.3 Å². The summed E-state index contributed by atoms with van der Waals surface area (Å²) in [6, 6.07) is 0. The smallest absolute Gasteiger partial charge is 0.303 e. The van der Waals surface area contributed by atoms with Gasteiger partial charge < -0.3 is 14.6 Å². The predicted octanol–water partition coefficient (Wildman–Crippen LogP) is 6.63. The first kappa shape index (κ1) is 25.7. The molecule has 1 N–H and O–H groups in total. The van der Waals surface area contributed by atoms with Crippen LogP contribution in [0.15, 0.2) is 0 Å². The van der Waals surface area contributed by atoms with Gasteiger partial charge in [0.2, 0.25) is 0 Å². The predicted molar refractivity (Wildman–Crippen MR) is 135 cm³/mol. The number of hydrogen-bond acceptors (Lipinski definition) is 4. The van der Waals surface area contributed by atoms with E-state index in [2.05, 4.69) is 20.8 Å². The summed E-state index contributed by atoms with van der Waals surface area (Å²) in [6.07, 6.45) is 14.5. The van der Waals surface area contributed by atoms with Crippen molar-refractivity contribution in [3.63, 3.8) is 0 Å². The molecule has 0 bridgehead atoms. The van der Waals surface area contributed by atoms with Crippen molar-refractivity contribution in [2.45, 2.75) is 123 Å². The molecule has 0 aromatic heterocycles. The van der Waals surface area contributed by atoms with Gasteiger partial charge in [0.25, 0.3) is 0 Å². The molecule has 5 heteroatoms. The third kappa shape index (κ3) is 4.74. The molecule has 5 rings (SSSR count). The summed E-state index contributed by atoms with van der Waals surface area (Å²) >= 11 is 0. The van der Waals surface area contributed by atoms with Crippen LogP contribution >= 0.6 is 0 Å². The molecular weight excluding hydrogens is 440 g/mol. The summed E-state index contributed by atoms with van der Waals surface area (Å²) in [5, 5.41) is 9.05. The molecule has 1 heterocycles. The number of carbonyl (C=O) groups excluding carboxylic acids is 1. The van der Waals surface area contributed by atoms with Gasteiger partial charge in [-0.3, -0.25) is 9.59 Å². The Bertz CT molecular complexity index is 790. The number of rotatable bonds is 7. The Morgan fingerprint density at radius 2 is 1.86 bits per heavy atom. The van der Waals surface area contributed by atoms with Crippen LogP contribution in [0.25, 0.3) is 0 Å². The second-order valence-electron chi connectivity index (χ2n) is 13.4. The van der Waals surface area contributed by atoms with E-state index in [0.717, 1.165) is 51.6 Å². The fourth-order valence-electron chi connectivity index (χ4n) is 9.80. The van der Waals surface area contributed by atoms with Crippen LogP contribution in [-0.2, 0) is 19.1 Å². The molecule has 0 aromatic rings. The maximum absolute atomic E-state index is 13.8. The lowest BCUT2D eigenvalue weighted by molar-refractivity contribution is -0.211. The van der Waals surface area contributed by atoms with Gasteiger partial charge in [0.05, 0.1) is 6.10 Å². The molecule has 5 nitrogen and oxygen atoms in total. The lowest BCUT2D eigenvalue weighted by Gasteiger charge is -2.60. The molecule has 0 amide bonds. The van der Waals surface area contributed by atoms with Crippen molar-refractivity contribution in [2.75, 3.05) is 6.61 Å². The molecule has 1 unspecified atom stereocenters. The van der Waals surface area contributed by atoms with E-state index in [0.29, 0.717) is 35.4 Å². The van der Waals surface area contributed by atoms with Crippen LogP contribution in [0.3, 0.4) is 0 Å². The minimum absolute atomic E-state index is 0.0338. The topological polar surface area (TPSA) is 72.8 Å². The summed E-state index contributed by atoms with van der Waals surface area (Å²) in [7, 11) is 0. The van der Waals surface area contributed by atoms with E-state index in [-0.39, 0.29) is 35.6 Å². The van der Waals surface area contributed by atoms with Crippen molar-refractivity contribution in [1.29, 1.82) is 0 Å². The lowest BCUT2D eigenvalue weighted by atomic mass is 9.44. The van der Waals surface area contributed by atoms with Gasteiger partial charge in [-0.2, -0.15) is 0 Å². The van der Waals surface area contributed by atoms with Crippen LogP contribution in [0.1, 0.15) is 111 Å². The second kappa shape index (κ2) is 10.1. The summed E-state index contributed by atoms with van der Waals surface area (Å²) in [5.41, 5.74) is 0.500. The Balaban J connectivity index is 1.26. The Labute approximate surface area is 212 Å². The fraction of sp³-hybridized carbons (Fsp3) is 0.933. The van der Waals surface area contributed by atoms with Crippen LogP contribution in [-0.4, -0.2) is 35.9 Å². The van der Waals surface area contributed by atoms with Crippen molar-refractivity contribution in [1.82, 2.24) is 0 Å². The molecule has 1 saturated heterocycles. The van der Waals surface area contributed by atoms with E-state index in [4.69, 9.17) is 14.6 Å². The molecule has 198 valence electrons. The zero-order valence-electron chi connectivity index (χ0n) is 22.3. The van der Waals surface area contributed by atoms with Crippen molar-refractivity contribution in [3.05, 3.63) is 0 Å². The van der Waals surface area contributed by atoms with Crippen molar-refractivity contribution >= 4 is 11.8 Å². The quantitative estimate of drug-likeness (QED) is 0.407. The molecule has 4 saturated carbocycles. The molecule has 5 fully saturated rings. The number of ether oxygens (including phenoxy) is 2. The van der Waals surface area contributed by atoms with E-state index in [9.17, 15) is 9.59 Å². The Kier molecular flexibility index (Phi) is 7.40. The maximum atomic E-state index is 13.8. The number of carboxylic acids is 1. The maximum Gasteiger partial charge on any atom is 0.303 e. The minimum Gasteiger partial charge on any atom is -0.481 e. The third-order valence-corrected chi connectivity index (χ3v) is 11.7. The Hall–Kier alpha value is -0.940. The highest BCUT2D eigenvalue weighted by Crippen LogP contribution is 2.67. The van der Waals surface area contributed by atoms with Gasteiger partial charge in [0, 0.05) is 25.4 Å². The molecule has 0 radical (unpaired) electrons. The van der Waals surface area contributed by atoms with Crippen LogP contribution < -0.4 is 0 Å². The molecule has 35 heavy (non-hydrogen) atoms. The first-order valence-corrected chi connectivity index (χ1v) is 14.7. The zero-order chi connectivity index (χ0) is 24.8. The van der Waals surface area contributed by atoms with Gasteiger partial charge in [-0.25, -0.2) is 0 Å². The average molecular weight is 489 g/mol. The van der Waals surface area contributed by atoms with E-state index in [1.807, 2.05) is 0 Å². The summed E-state index contributed by atoms with van der Waals surface area (Å²) in [5.74, 6) is 2.76. The van der Waals surface area contributed by atoms with Gasteiger partial charge in [0.15, 0.2) is 6.29 Å². The highest BCUT2D eigenvalue weighted by molar-refractivity contribution is 5.83. The zero-order valence-corrected chi connectivity index (χ0v) is 22.3. The van der Waals surface area contributed by atoms with Gasteiger partial charge >= 0.3 is 5.97 Å². The average Bonchev–Trinajstić information content (AvgIpc) is 3.17. The van der Waals surface area contributed by atoms with E-state index >= 15 is 0 Å². The molecule has 4 aliphatic carbocycles. The summed E-state index contributed by atoms with van der Waals surface area (Å²) < 4.78 is 12.3. The largest absolute Gasteiger partial charge is 0.481 e. The number of fused-ring (bicyclic) bond motifs is 5. The number of hydrogen-bond donors (Lipinski definition) is 1. The Morgan fingerprint density at radius 1 is 1.09 bits per heavy atom. The van der Waals surface area contributed by atoms with Crippen molar-refractivity contribution in [3.8, 4) is 0 Å². The monoisotopic (exact) mass is 488 g/mol. The Morgan fingerprint density at radius 3 is 2.60 bits per heavy atom. The van der Waals surface area contributed by atoms with Gasteiger partial charge in [-0.05, 0) is 117 Å². The molecule has 0 spiro atoms. The van der Waals surface area contributed by atoms with Gasteiger partial charge in [-0.15, -0.1) is 0 Å². The molecular formula is C30H48O5. The minimum atomic E-state index is -0.685. The standard InChI is InChI=1S/C30H48O5/c1-19(7-6-8-26(32)33)22-10-11-23-28-24(13-15-30(22,23)3)29(2)14-12-21(17-20(29)18-25(28)31)35-27-9-4-5-16-34-27/h19-24,27-28H,4-18H2,1-3H3,(H,32,33)/t19-,20+,21-,22-,23+,24+,27?,28+,29+,30-/m1/s1. The van der Waals surface area contributed by atoms with Crippen LogP contribution in [0.5, 0.6) is 0 Å². The fourth-order valence-corrected chi connectivity index (χ4v) is 9.80. The number of aliphatic carboxylic acids is 1. The number of ketones is 1. The molecule has 5 aliphatic rings. The first-order chi connectivity index (χ1) is 16.7. The summed E-state index contributed by atoms with van der Waals surface area (Å²) in [4.78, 5) is 24.8. The van der Waals surface area contributed by atoms with Crippen LogP contribution in [0.2, 0.25) is 0 Å². The number of carbonyl (C=O) groups is 2. The van der Waals surface area contributed by atoms with Crippen molar-refractivity contribution < 1.29 is 24.2 Å². The highest BCUT2D eigenvalue weighted by Gasteiger charge is 2.63. The number of carboxylic acid groups (broad SMARTS) is 1. The van der Waals surface area contributed by atoms with Gasteiger partial charge in [0.1, 0.15) is 5.78 Å². The third-order valence-electron chi connectivity index (χ3n) is 11.7. The normalized spacial score (nSPS) is 46.4. The van der Waals surface area contributed by atoms with Crippen LogP contribution in [0.4, 0.5) is 0 Å². The van der Waals surface area contributed by atoms with E-state index in [1.165, 1.54) is 38.5 Å².